The second kappa shape index (κ2) is 8.03. The van der Waals surface area contributed by atoms with Crippen LogP contribution in [0.5, 0.6) is 0 Å². The average molecular weight is 377 g/mol. The minimum atomic E-state index is -0.0716. The van der Waals surface area contributed by atoms with Gasteiger partial charge in [-0.25, -0.2) is 0 Å². The molecule has 1 saturated carbocycles. The van der Waals surface area contributed by atoms with E-state index in [1.165, 1.54) is 32.1 Å². The van der Waals surface area contributed by atoms with Crippen molar-refractivity contribution in [2.24, 2.45) is 16.8 Å². The second-order valence-electron chi connectivity index (χ2n) is 7.80. The van der Waals surface area contributed by atoms with Crippen LogP contribution in [0.25, 0.3) is 0 Å². The first-order valence-electron chi connectivity index (χ1n) is 9.94. The molecule has 0 radical (unpaired) electrons. The van der Waals surface area contributed by atoms with E-state index in [4.69, 9.17) is 0 Å². The van der Waals surface area contributed by atoms with Crippen LogP contribution in [0.4, 0.5) is 0 Å². The molecular formula is C19H28N4O2S. The molecule has 0 aromatic carbocycles. The zero-order valence-corrected chi connectivity index (χ0v) is 16.1. The molecule has 142 valence electrons. The number of likely N-dealkylation sites (tertiary alicyclic amines) is 1. The molecule has 2 amide bonds. The highest BCUT2D eigenvalue weighted by Gasteiger charge is 2.32. The number of rotatable bonds is 5. The van der Waals surface area contributed by atoms with E-state index in [1.54, 1.807) is 11.8 Å². The van der Waals surface area contributed by atoms with Gasteiger partial charge in [0.05, 0.1) is 19.0 Å². The van der Waals surface area contributed by atoms with Crippen molar-refractivity contribution in [3.63, 3.8) is 0 Å². The van der Waals surface area contributed by atoms with Gasteiger partial charge in [-0.15, -0.1) is 0 Å². The SMILES string of the molecule is O=C(NCC1=CSC2=NCCN12)[C@@H]1CCC(=O)N(CC2CCCCC2)C1. The Labute approximate surface area is 159 Å². The van der Waals surface area contributed by atoms with E-state index >= 15 is 0 Å². The van der Waals surface area contributed by atoms with Crippen LogP contribution in [0.2, 0.25) is 0 Å². The van der Waals surface area contributed by atoms with Crippen LogP contribution in [0.3, 0.4) is 0 Å². The van der Waals surface area contributed by atoms with Gasteiger partial charge in [0.15, 0.2) is 5.17 Å². The van der Waals surface area contributed by atoms with Crippen molar-refractivity contribution in [2.75, 3.05) is 32.7 Å². The van der Waals surface area contributed by atoms with E-state index in [0.29, 0.717) is 31.8 Å². The van der Waals surface area contributed by atoms with Gasteiger partial charge in [0.25, 0.3) is 0 Å². The van der Waals surface area contributed by atoms with Crippen LogP contribution >= 0.6 is 11.8 Å². The van der Waals surface area contributed by atoms with Crippen LogP contribution in [0.1, 0.15) is 44.9 Å². The number of hydrogen-bond donors (Lipinski definition) is 1. The topological polar surface area (TPSA) is 65.0 Å². The van der Waals surface area contributed by atoms with Crippen LogP contribution in [0, 0.1) is 11.8 Å². The summed E-state index contributed by atoms with van der Waals surface area (Å²) < 4.78 is 0. The van der Waals surface area contributed by atoms with E-state index in [0.717, 1.165) is 30.5 Å². The molecule has 26 heavy (non-hydrogen) atoms. The predicted octanol–water partition coefficient (Wildman–Crippen LogP) is 2.18. The van der Waals surface area contributed by atoms with Gasteiger partial charge in [0.1, 0.15) is 0 Å². The number of hydrogen-bond acceptors (Lipinski definition) is 5. The monoisotopic (exact) mass is 376 g/mol. The third-order valence-electron chi connectivity index (χ3n) is 5.97. The fraction of sp³-hybridized carbons (Fsp3) is 0.737. The molecule has 0 aromatic heterocycles. The molecule has 1 N–H and O–H groups in total. The Morgan fingerprint density at radius 3 is 2.96 bits per heavy atom. The summed E-state index contributed by atoms with van der Waals surface area (Å²) in [5.41, 5.74) is 1.13. The van der Waals surface area contributed by atoms with E-state index in [1.807, 2.05) is 4.90 Å². The quantitative estimate of drug-likeness (QED) is 0.799. The van der Waals surface area contributed by atoms with Gasteiger partial charge >= 0.3 is 0 Å². The molecule has 0 spiro atoms. The molecule has 0 unspecified atom stereocenters. The minimum absolute atomic E-state index is 0.0716. The summed E-state index contributed by atoms with van der Waals surface area (Å²) in [6.07, 6.45) is 7.53. The Morgan fingerprint density at radius 2 is 2.12 bits per heavy atom. The van der Waals surface area contributed by atoms with Gasteiger partial charge in [-0.05, 0) is 25.2 Å². The summed E-state index contributed by atoms with van der Waals surface area (Å²) >= 11 is 1.64. The summed E-state index contributed by atoms with van der Waals surface area (Å²) in [6.45, 7) is 3.74. The summed E-state index contributed by atoms with van der Waals surface area (Å²) in [5, 5.41) is 6.22. The first-order chi connectivity index (χ1) is 12.7. The number of aliphatic imine (C=N–C) groups is 1. The summed E-state index contributed by atoms with van der Waals surface area (Å²) in [7, 11) is 0. The average Bonchev–Trinajstić information content (AvgIpc) is 3.26. The van der Waals surface area contributed by atoms with Crippen LogP contribution < -0.4 is 5.32 Å². The molecule has 6 nitrogen and oxygen atoms in total. The smallest absolute Gasteiger partial charge is 0.225 e. The number of nitrogens with one attached hydrogen (secondary N) is 1. The number of fused-ring (bicyclic) bond motifs is 1. The van der Waals surface area contributed by atoms with Gasteiger partial charge < -0.3 is 15.1 Å². The van der Waals surface area contributed by atoms with Gasteiger partial charge in [0.2, 0.25) is 11.8 Å². The van der Waals surface area contributed by atoms with Crippen molar-refractivity contribution >= 4 is 28.7 Å². The Kier molecular flexibility index (Phi) is 5.52. The zero-order valence-electron chi connectivity index (χ0n) is 15.3. The molecule has 0 bridgehead atoms. The molecule has 1 atom stereocenters. The normalized spacial score (nSPS) is 26.6. The number of piperidine rings is 1. The second-order valence-corrected chi connectivity index (χ2v) is 8.64. The van der Waals surface area contributed by atoms with E-state index < -0.39 is 0 Å². The maximum atomic E-state index is 12.7. The number of nitrogens with zero attached hydrogens (tertiary/aromatic N) is 3. The molecule has 2 fully saturated rings. The van der Waals surface area contributed by atoms with Crippen molar-refractivity contribution in [3.05, 3.63) is 11.1 Å². The Balaban J connectivity index is 1.27. The van der Waals surface area contributed by atoms with Crippen molar-refractivity contribution in [1.29, 1.82) is 0 Å². The first-order valence-corrected chi connectivity index (χ1v) is 10.8. The maximum absolute atomic E-state index is 12.7. The molecule has 4 rings (SSSR count). The molecule has 4 aliphatic rings. The van der Waals surface area contributed by atoms with Crippen molar-refractivity contribution in [2.45, 2.75) is 44.9 Å². The number of carbonyl (C=O) groups excluding carboxylic acids is 2. The summed E-state index contributed by atoms with van der Waals surface area (Å²) in [5.74, 6) is 0.870. The van der Waals surface area contributed by atoms with E-state index in [-0.39, 0.29) is 17.7 Å². The lowest BCUT2D eigenvalue weighted by Gasteiger charge is -2.35. The first kappa shape index (κ1) is 17.9. The largest absolute Gasteiger partial charge is 0.350 e. The molecule has 1 saturated heterocycles. The summed E-state index contributed by atoms with van der Waals surface area (Å²) in [4.78, 5) is 33.5. The Morgan fingerprint density at radius 1 is 1.27 bits per heavy atom. The van der Waals surface area contributed by atoms with Crippen molar-refractivity contribution in [1.82, 2.24) is 15.1 Å². The van der Waals surface area contributed by atoms with E-state index in [9.17, 15) is 9.59 Å². The lowest BCUT2D eigenvalue weighted by Crippen LogP contribution is -2.48. The fourth-order valence-corrected chi connectivity index (χ4v) is 5.38. The standard InChI is InChI=1S/C19H28N4O2S/c24-17-7-6-15(12-22(17)11-14-4-2-1-3-5-14)18(25)21-10-16-13-26-19-20-8-9-23(16)19/h13-15H,1-12H2,(H,21,25)/t15-/m1/s1. The number of amides is 2. The highest BCUT2D eigenvalue weighted by Crippen LogP contribution is 2.29. The highest BCUT2D eigenvalue weighted by molar-refractivity contribution is 8.16. The molecular weight excluding hydrogens is 348 g/mol. The van der Waals surface area contributed by atoms with Crippen molar-refractivity contribution in [3.8, 4) is 0 Å². The van der Waals surface area contributed by atoms with Crippen LogP contribution in [-0.2, 0) is 9.59 Å². The molecule has 3 aliphatic heterocycles. The Bertz CT molecular complexity index is 627. The number of thioether (sulfide) groups is 1. The third-order valence-corrected chi connectivity index (χ3v) is 6.92. The van der Waals surface area contributed by atoms with Crippen LogP contribution in [-0.4, -0.2) is 59.5 Å². The van der Waals surface area contributed by atoms with Gasteiger partial charge in [-0.3, -0.25) is 14.6 Å². The number of carbonyl (C=O) groups is 2. The zero-order chi connectivity index (χ0) is 17.9. The van der Waals surface area contributed by atoms with Crippen LogP contribution in [0.15, 0.2) is 16.1 Å². The predicted molar refractivity (Wildman–Crippen MR) is 104 cm³/mol. The van der Waals surface area contributed by atoms with E-state index in [2.05, 4.69) is 20.6 Å². The molecule has 1 aliphatic carbocycles. The molecule has 0 aromatic rings. The maximum Gasteiger partial charge on any atom is 0.225 e. The minimum Gasteiger partial charge on any atom is -0.350 e. The third kappa shape index (κ3) is 3.92. The van der Waals surface area contributed by atoms with Crippen molar-refractivity contribution < 1.29 is 9.59 Å². The fourth-order valence-electron chi connectivity index (χ4n) is 4.42. The lowest BCUT2D eigenvalue weighted by molar-refractivity contribution is -0.139. The Hall–Kier alpha value is -1.50. The van der Waals surface area contributed by atoms with Gasteiger partial charge in [-0.1, -0.05) is 31.0 Å². The number of amidine groups is 1. The molecule has 7 heteroatoms. The summed E-state index contributed by atoms with van der Waals surface area (Å²) in [6, 6.07) is 0. The molecule has 3 heterocycles. The highest BCUT2D eigenvalue weighted by atomic mass is 32.2. The van der Waals surface area contributed by atoms with Gasteiger partial charge in [0, 0.05) is 37.2 Å². The van der Waals surface area contributed by atoms with Gasteiger partial charge in [-0.2, -0.15) is 0 Å². The lowest BCUT2D eigenvalue weighted by atomic mass is 9.87.